The number of amides is 1. The van der Waals surface area contributed by atoms with Gasteiger partial charge in [-0.3, -0.25) is 4.79 Å². The Bertz CT molecular complexity index is 751. The number of rotatable bonds is 6. The Morgan fingerprint density at radius 2 is 2.00 bits per heavy atom. The zero-order valence-corrected chi connectivity index (χ0v) is 16.0. The van der Waals surface area contributed by atoms with Crippen molar-refractivity contribution in [3.8, 4) is 11.5 Å². The maximum atomic E-state index is 12.3. The molecule has 0 aliphatic rings. The molecule has 2 aromatic rings. The zero-order chi connectivity index (χ0) is 17.7. The van der Waals surface area contributed by atoms with E-state index in [0.29, 0.717) is 40.9 Å². The predicted molar refractivity (Wildman–Crippen MR) is 103 cm³/mol. The molecule has 0 aliphatic carbocycles. The zero-order valence-electron chi connectivity index (χ0n) is 14.4. The molecule has 0 bridgehead atoms. The van der Waals surface area contributed by atoms with E-state index >= 15 is 0 Å². The van der Waals surface area contributed by atoms with Crippen LogP contribution in [0.2, 0.25) is 5.02 Å². The van der Waals surface area contributed by atoms with Gasteiger partial charge in [-0.05, 0) is 49.2 Å². The molecule has 0 aliphatic heterocycles. The van der Waals surface area contributed by atoms with E-state index in [2.05, 4.69) is 5.32 Å². The van der Waals surface area contributed by atoms with Crippen molar-refractivity contribution in [3.63, 3.8) is 0 Å². The minimum atomic E-state index is -0.191. The normalized spacial score (nSPS) is 9.92. The average Bonchev–Trinajstić information content (AvgIpc) is 2.56. The Morgan fingerprint density at radius 3 is 2.64 bits per heavy atom. The van der Waals surface area contributed by atoms with E-state index in [0.717, 1.165) is 11.1 Å². The Balaban J connectivity index is 0.00000312. The summed E-state index contributed by atoms with van der Waals surface area (Å²) in [6, 6.07) is 8.80. The van der Waals surface area contributed by atoms with Gasteiger partial charge in [0.25, 0.3) is 5.91 Å². The van der Waals surface area contributed by atoms with Crippen LogP contribution < -0.4 is 20.5 Å². The van der Waals surface area contributed by atoms with Crippen molar-refractivity contribution in [3.05, 3.63) is 52.0 Å². The molecule has 5 nitrogen and oxygen atoms in total. The summed E-state index contributed by atoms with van der Waals surface area (Å²) in [6.07, 6.45) is 0. The maximum Gasteiger partial charge on any atom is 0.251 e. The molecule has 25 heavy (non-hydrogen) atoms. The molecule has 0 aromatic heterocycles. The van der Waals surface area contributed by atoms with Crippen molar-refractivity contribution in [2.24, 2.45) is 0 Å². The summed E-state index contributed by atoms with van der Waals surface area (Å²) < 4.78 is 10.8. The van der Waals surface area contributed by atoms with E-state index < -0.39 is 0 Å². The third kappa shape index (κ3) is 5.18. The van der Waals surface area contributed by atoms with Crippen LogP contribution in [0.3, 0.4) is 0 Å². The number of methoxy groups -OCH3 is 1. The predicted octanol–water partition coefficient (Wildman–Crippen LogP) is 3.99. The highest BCUT2D eigenvalue weighted by Crippen LogP contribution is 2.36. The van der Waals surface area contributed by atoms with Crippen molar-refractivity contribution >= 4 is 35.6 Å². The molecule has 0 atom stereocenters. The summed E-state index contributed by atoms with van der Waals surface area (Å²) in [6.45, 7) is 4.54. The van der Waals surface area contributed by atoms with E-state index in [1.165, 1.54) is 0 Å². The number of hydrogen-bond donors (Lipinski definition) is 2. The first-order valence-corrected chi connectivity index (χ1v) is 7.97. The number of ether oxygens (including phenoxy) is 2. The fourth-order valence-electron chi connectivity index (χ4n) is 2.32. The summed E-state index contributed by atoms with van der Waals surface area (Å²) >= 11 is 6.24. The standard InChI is InChI=1S/C18H21ClN2O3.ClH/c1-4-24-17-15(19)7-12(8-16(17)23-3)10-21-18(22)14-9-13(20)6-5-11(14)2;/h5-9H,4,10,20H2,1-3H3,(H,21,22);1H. The lowest BCUT2D eigenvalue weighted by molar-refractivity contribution is 0.0950. The summed E-state index contributed by atoms with van der Waals surface area (Å²) in [5.74, 6) is 0.848. The van der Waals surface area contributed by atoms with Gasteiger partial charge < -0.3 is 20.5 Å². The lowest BCUT2D eigenvalue weighted by atomic mass is 10.1. The van der Waals surface area contributed by atoms with E-state index in [-0.39, 0.29) is 18.3 Å². The van der Waals surface area contributed by atoms with Crippen molar-refractivity contribution in [2.75, 3.05) is 19.5 Å². The van der Waals surface area contributed by atoms with Crippen LogP contribution in [0.4, 0.5) is 5.69 Å². The molecule has 2 aromatic carbocycles. The van der Waals surface area contributed by atoms with Crippen LogP contribution in [0.1, 0.15) is 28.4 Å². The Hall–Kier alpha value is -2.11. The summed E-state index contributed by atoms with van der Waals surface area (Å²) in [5, 5.41) is 3.31. The second-order valence-corrected chi connectivity index (χ2v) is 5.71. The first kappa shape index (κ1) is 20.9. The quantitative estimate of drug-likeness (QED) is 0.738. The number of nitrogen functional groups attached to an aromatic ring is 1. The molecule has 0 heterocycles. The number of halogens is 2. The second-order valence-electron chi connectivity index (χ2n) is 5.30. The van der Waals surface area contributed by atoms with E-state index in [4.69, 9.17) is 26.8 Å². The van der Waals surface area contributed by atoms with Gasteiger partial charge in [-0.1, -0.05) is 17.7 Å². The van der Waals surface area contributed by atoms with Crippen LogP contribution in [0.5, 0.6) is 11.5 Å². The smallest absolute Gasteiger partial charge is 0.251 e. The van der Waals surface area contributed by atoms with Gasteiger partial charge in [-0.2, -0.15) is 0 Å². The van der Waals surface area contributed by atoms with Crippen LogP contribution >= 0.6 is 24.0 Å². The van der Waals surface area contributed by atoms with Crippen LogP contribution in [-0.4, -0.2) is 19.6 Å². The van der Waals surface area contributed by atoms with Gasteiger partial charge in [0.05, 0.1) is 18.7 Å². The third-order valence-electron chi connectivity index (χ3n) is 3.54. The highest BCUT2D eigenvalue weighted by atomic mass is 35.5. The monoisotopic (exact) mass is 384 g/mol. The van der Waals surface area contributed by atoms with Crippen molar-refractivity contribution in [2.45, 2.75) is 20.4 Å². The summed E-state index contributed by atoms with van der Waals surface area (Å²) in [7, 11) is 1.55. The first-order chi connectivity index (χ1) is 11.5. The number of carbonyl (C=O) groups excluding carboxylic acids is 1. The highest BCUT2D eigenvalue weighted by molar-refractivity contribution is 6.32. The molecule has 0 unspecified atom stereocenters. The molecule has 0 spiro atoms. The van der Waals surface area contributed by atoms with E-state index in [1.54, 1.807) is 31.4 Å². The van der Waals surface area contributed by atoms with E-state index in [1.807, 2.05) is 19.9 Å². The van der Waals surface area contributed by atoms with Gasteiger partial charge in [-0.25, -0.2) is 0 Å². The van der Waals surface area contributed by atoms with Gasteiger partial charge >= 0.3 is 0 Å². The number of aryl methyl sites for hydroxylation is 1. The molecule has 1 amide bonds. The van der Waals surface area contributed by atoms with Gasteiger partial charge in [0.1, 0.15) is 0 Å². The minimum absolute atomic E-state index is 0. The lowest BCUT2D eigenvalue weighted by Gasteiger charge is -2.14. The number of carbonyl (C=O) groups is 1. The molecule has 3 N–H and O–H groups in total. The highest BCUT2D eigenvalue weighted by Gasteiger charge is 2.13. The second kappa shape index (κ2) is 9.39. The molecular formula is C18H22Cl2N2O3. The van der Waals surface area contributed by atoms with Gasteiger partial charge in [0.2, 0.25) is 0 Å². The van der Waals surface area contributed by atoms with Gasteiger partial charge in [0, 0.05) is 17.8 Å². The van der Waals surface area contributed by atoms with Crippen molar-refractivity contribution < 1.29 is 14.3 Å². The SMILES string of the molecule is CCOc1c(Cl)cc(CNC(=O)c2cc(N)ccc2C)cc1OC.Cl. The minimum Gasteiger partial charge on any atom is -0.493 e. The van der Waals surface area contributed by atoms with Crippen LogP contribution in [0.15, 0.2) is 30.3 Å². The van der Waals surface area contributed by atoms with Crippen LogP contribution in [0.25, 0.3) is 0 Å². The molecule has 136 valence electrons. The molecule has 0 saturated carbocycles. The van der Waals surface area contributed by atoms with E-state index in [9.17, 15) is 4.79 Å². The van der Waals surface area contributed by atoms with Crippen LogP contribution in [-0.2, 0) is 6.54 Å². The molecule has 2 rings (SSSR count). The summed E-state index contributed by atoms with van der Waals surface area (Å²) in [4.78, 5) is 12.3. The first-order valence-electron chi connectivity index (χ1n) is 7.59. The van der Waals surface area contributed by atoms with Gasteiger partial charge in [0.15, 0.2) is 11.5 Å². The molecule has 7 heteroatoms. The average molecular weight is 385 g/mol. The Morgan fingerprint density at radius 1 is 1.28 bits per heavy atom. The Labute approximate surface area is 158 Å². The third-order valence-corrected chi connectivity index (χ3v) is 3.82. The largest absolute Gasteiger partial charge is 0.493 e. The fraction of sp³-hybridized carbons (Fsp3) is 0.278. The number of hydrogen-bond acceptors (Lipinski definition) is 4. The molecule has 0 radical (unpaired) electrons. The van der Waals surface area contributed by atoms with Crippen molar-refractivity contribution in [1.82, 2.24) is 5.32 Å². The lowest BCUT2D eigenvalue weighted by Crippen LogP contribution is -2.23. The van der Waals surface area contributed by atoms with Crippen LogP contribution in [0, 0.1) is 6.92 Å². The number of nitrogens with one attached hydrogen (secondary N) is 1. The molecule has 0 saturated heterocycles. The number of nitrogens with two attached hydrogens (primary N) is 1. The van der Waals surface area contributed by atoms with Crippen molar-refractivity contribution in [1.29, 1.82) is 0 Å². The molecule has 0 fully saturated rings. The Kier molecular flexibility index (Phi) is 7.87. The maximum absolute atomic E-state index is 12.3. The number of anilines is 1. The molecular weight excluding hydrogens is 363 g/mol. The number of benzene rings is 2. The fourth-order valence-corrected chi connectivity index (χ4v) is 2.61. The topological polar surface area (TPSA) is 73.6 Å². The summed E-state index contributed by atoms with van der Waals surface area (Å²) in [5.41, 5.74) is 8.53. The van der Waals surface area contributed by atoms with Gasteiger partial charge in [-0.15, -0.1) is 12.4 Å².